The Balaban J connectivity index is 0.00000243. The molecule has 1 atom stereocenters. The molecular weight excluding hydrogens is 457 g/mol. The average molecular weight is 491 g/mol. The third kappa shape index (κ3) is 6.37. The first-order valence-corrected chi connectivity index (χ1v) is 10.7. The minimum Gasteiger partial charge on any atom is -0.378 e. The van der Waals surface area contributed by atoms with E-state index in [1.165, 1.54) is 30.6 Å². The van der Waals surface area contributed by atoms with Crippen LogP contribution in [0.2, 0.25) is 0 Å². The maximum Gasteiger partial charge on any atom is 0.193 e. The zero-order valence-corrected chi connectivity index (χ0v) is 19.3. The number of ether oxygens (including phenoxy) is 1. The van der Waals surface area contributed by atoms with Gasteiger partial charge in [0.25, 0.3) is 0 Å². The molecule has 1 saturated heterocycles. The standard InChI is InChI=1S/C20H33N3OS.HI/c1-16(19-8-5-13-25-19)14-22-20(21-2)23-11-9-18(10-12-23)24-15-17-6-3-4-7-17;/h5,8,13,16-18H,3-4,6-7,9-12,14-15H2,1-2H3,(H,21,22);1H. The number of hydrogen-bond acceptors (Lipinski definition) is 3. The molecule has 0 aromatic carbocycles. The highest BCUT2D eigenvalue weighted by Crippen LogP contribution is 2.26. The zero-order chi connectivity index (χ0) is 17.5. The van der Waals surface area contributed by atoms with Gasteiger partial charge in [0.15, 0.2) is 5.96 Å². The van der Waals surface area contributed by atoms with E-state index >= 15 is 0 Å². The highest BCUT2D eigenvalue weighted by atomic mass is 127. The van der Waals surface area contributed by atoms with Crippen LogP contribution in [-0.4, -0.2) is 50.3 Å². The molecule has 0 bridgehead atoms. The van der Waals surface area contributed by atoms with Gasteiger partial charge >= 0.3 is 0 Å². The van der Waals surface area contributed by atoms with Crippen LogP contribution in [0.15, 0.2) is 22.5 Å². The summed E-state index contributed by atoms with van der Waals surface area (Å²) in [6, 6.07) is 4.34. The second-order valence-corrected chi connectivity index (χ2v) is 8.49. The van der Waals surface area contributed by atoms with Crippen LogP contribution in [0.3, 0.4) is 0 Å². The SMILES string of the molecule is CN=C(NCC(C)c1cccs1)N1CCC(OCC2CCCC2)CC1.I. The first-order chi connectivity index (χ1) is 12.3. The molecule has 1 aliphatic carbocycles. The molecule has 0 amide bonds. The van der Waals surface area contributed by atoms with Gasteiger partial charge in [-0.1, -0.05) is 25.8 Å². The van der Waals surface area contributed by atoms with Crippen molar-refractivity contribution >= 4 is 41.3 Å². The molecule has 0 radical (unpaired) electrons. The smallest absolute Gasteiger partial charge is 0.193 e. The van der Waals surface area contributed by atoms with E-state index in [0.717, 1.165) is 51.0 Å². The Morgan fingerprint density at radius 1 is 1.31 bits per heavy atom. The topological polar surface area (TPSA) is 36.9 Å². The summed E-state index contributed by atoms with van der Waals surface area (Å²) < 4.78 is 6.19. The van der Waals surface area contributed by atoms with Crippen LogP contribution < -0.4 is 5.32 Å². The van der Waals surface area contributed by atoms with Crippen molar-refractivity contribution in [3.63, 3.8) is 0 Å². The van der Waals surface area contributed by atoms with Gasteiger partial charge in [-0.3, -0.25) is 4.99 Å². The van der Waals surface area contributed by atoms with Crippen molar-refractivity contribution in [3.05, 3.63) is 22.4 Å². The van der Waals surface area contributed by atoms with E-state index in [2.05, 4.69) is 39.6 Å². The van der Waals surface area contributed by atoms with Crippen molar-refractivity contribution in [2.24, 2.45) is 10.9 Å². The number of thiophene rings is 1. The van der Waals surface area contributed by atoms with Crippen LogP contribution in [0.4, 0.5) is 0 Å². The second kappa shape index (κ2) is 11.5. The number of halogens is 1. The number of nitrogens with zero attached hydrogens (tertiary/aromatic N) is 2. The maximum absolute atomic E-state index is 6.19. The van der Waals surface area contributed by atoms with Crippen molar-refractivity contribution in [2.45, 2.75) is 57.5 Å². The van der Waals surface area contributed by atoms with Gasteiger partial charge in [0, 0.05) is 44.1 Å². The molecule has 2 fully saturated rings. The summed E-state index contributed by atoms with van der Waals surface area (Å²) in [6.07, 6.45) is 8.23. The van der Waals surface area contributed by atoms with Crippen molar-refractivity contribution in [3.8, 4) is 0 Å². The number of guanidine groups is 1. The molecule has 0 spiro atoms. The second-order valence-electron chi connectivity index (χ2n) is 7.51. The largest absolute Gasteiger partial charge is 0.378 e. The molecule has 148 valence electrons. The number of rotatable bonds is 6. The lowest BCUT2D eigenvalue weighted by atomic mass is 10.1. The van der Waals surface area contributed by atoms with Gasteiger partial charge in [0.05, 0.1) is 6.10 Å². The van der Waals surface area contributed by atoms with E-state index in [1.54, 1.807) is 0 Å². The van der Waals surface area contributed by atoms with Gasteiger partial charge in [0.2, 0.25) is 0 Å². The number of nitrogens with one attached hydrogen (secondary N) is 1. The lowest BCUT2D eigenvalue weighted by Crippen LogP contribution is -2.47. The molecular formula is C20H34IN3OS. The molecule has 1 unspecified atom stereocenters. The quantitative estimate of drug-likeness (QED) is 0.356. The first kappa shape index (κ1) is 22.0. The Morgan fingerprint density at radius 3 is 2.65 bits per heavy atom. The minimum absolute atomic E-state index is 0. The molecule has 1 aliphatic heterocycles. The van der Waals surface area contributed by atoms with E-state index in [1.807, 2.05) is 18.4 Å². The summed E-state index contributed by atoms with van der Waals surface area (Å²) in [4.78, 5) is 8.31. The van der Waals surface area contributed by atoms with Gasteiger partial charge in [-0.25, -0.2) is 0 Å². The molecule has 4 nitrogen and oxygen atoms in total. The predicted octanol–water partition coefficient (Wildman–Crippen LogP) is 4.72. The Bertz CT molecular complexity index is 523. The van der Waals surface area contributed by atoms with Gasteiger partial charge in [-0.2, -0.15) is 0 Å². The molecule has 1 aromatic rings. The fraction of sp³-hybridized carbons (Fsp3) is 0.750. The van der Waals surface area contributed by atoms with Gasteiger partial charge in [0.1, 0.15) is 0 Å². The maximum atomic E-state index is 6.19. The van der Waals surface area contributed by atoms with E-state index < -0.39 is 0 Å². The predicted molar refractivity (Wildman–Crippen MR) is 122 cm³/mol. The van der Waals surface area contributed by atoms with Crippen LogP contribution in [-0.2, 0) is 4.74 Å². The molecule has 1 saturated carbocycles. The van der Waals surface area contributed by atoms with Gasteiger partial charge in [-0.05, 0) is 43.0 Å². The van der Waals surface area contributed by atoms with E-state index in [4.69, 9.17) is 4.74 Å². The summed E-state index contributed by atoms with van der Waals surface area (Å²) in [6.45, 7) is 6.28. The van der Waals surface area contributed by atoms with E-state index in [-0.39, 0.29) is 24.0 Å². The normalized spacial score (nSPS) is 20.8. The number of hydrogen-bond donors (Lipinski definition) is 1. The fourth-order valence-corrected chi connectivity index (χ4v) is 4.72. The third-order valence-electron chi connectivity index (χ3n) is 5.59. The first-order valence-electron chi connectivity index (χ1n) is 9.87. The molecule has 1 aromatic heterocycles. The van der Waals surface area contributed by atoms with Crippen LogP contribution in [0, 0.1) is 5.92 Å². The molecule has 26 heavy (non-hydrogen) atoms. The minimum atomic E-state index is 0. The van der Waals surface area contributed by atoms with Crippen molar-refractivity contribution in [2.75, 3.05) is 33.3 Å². The summed E-state index contributed by atoms with van der Waals surface area (Å²) in [5.74, 6) is 2.38. The number of piperidine rings is 1. The van der Waals surface area contributed by atoms with Gasteiger partial charge in [-0.15, -0.1) is 35.3 Å². The highest BCUT2D eigenvalue weighted by Gasteiger charge is 2.24. The molecule has 3 rings (SSSR count). The lowest BCUT2D eigenvalue weighted by molar-refractivity contribution is 0.00102. The molecule has 2 heterocycles. The Kier molecular flexibility index (Phi) is 9.70. The monoisotopic (exact) mass is 491 g/mol. The van der Waals surface area contributed by atoms with Crippen molar-refractivity contribution in [1.82, 2.24) is 10.2 Å². The van der Waals surface area contributed by atoms with E-state index in [9.17, 15) is 0 Å². The summed E-state index contributed by atoms with van der Waals surface area (Å²) in [5, 5.41) is 5.71. The van der Waals surface area contributed by atoms with E-state index in [0.29, 0.717) is 12.0 Å². The Hall–Kier alpha value is -0.340. The van der Waals surface area contributed by atoms with Crippen molar-refractivity contribution < 1.29 is 4.74 Å². The van der Waals surface area contributed by atoms with Crippen LogP contribution >= 0.6 is 35.3 Å². The fourth-order valence-electron chi connectivity index (χ4n) is 3.93. The van der Waals surface area contributed by atoms with Gasteiger partial charge < -0.3 is 15.0 Å². The number of aliphatic imine (C=N–C) groups is 1. The summed E-state index contributed by atoms with van der Waals surface area (Å²) in [7, 11) is 1.89. The van der Waals surface area contributed by atoms with Crippen LogP contribution in [0.25, 0.3) is 0 Å². The number of likely N-dealkylation sites (tertiary alicyclic amines) is 1. The average Bonchev–Trinajstić information content (AvgIpc) is 3.35. The Labute approximate surface area is 179 Å². The van der Waals surface area contributed by atoms with Crippen molar-refractivity contribution in [1.29, 1.82) is 0 Å². The summed E-state index contributed by atoms with van der Waals surface area (Å²) >= 11 is 1.83. The zero-order valence-electron chi connectivity index (χ0n) is 16.2. The molecule has 1 N–H and O–H groups in total. The molecule has 2 aliphatic rings. The Morgan fingerprint density at radius 2 is 2.04 bits per heavy atom. The third-order valence-corrected chi connectivity index (χ3v) is 6.69. The highest BCUT2D eigenvalue weighted by molar-refractivity contribution is 14.0. The lowest BCUT2D eigenvalue weighted by Gasteiger charge is -2.34. The summed E-state index contributed by atoms with van der Waals surface area (Å²) in [5.41, 5.74) is 0. The van der Waals surface area contributed by atoms with Crippen LogP contribution in [0.1, 0.15) is 56.2 Å². The van der Waals surface area contributed by atoms with Crippen LogP contribution in [0.5, 0.6) is 0 Å². The molecule has 6 heteroatoms.